The number of nitrogens with one attached hydrogen (secondary N) is 1. The van der Waals surface area contributed by atoms with Gasteiger partial charge in [-0.3, -0.25) is 0 Å². The third-order valence-corrected chi connectivity index (χ3v) is 3.77. The van der Waals surface area contributed by atoms with Gasteiger partial charge in [0, 0.05) is 23.9 Å². The number of para-hydroxylation sites is 1. The van der Waals surface area contributed by atoms with Gasteiger partial charge in [0.05, 0.1) is 12.7 Å². The van der Waals surface area contributed by atoms with Crippen molar-refractivity contribution in [2.24, 2.45) is 5.92 Å². The van der Waals surface area contributed by atoms with Crippen molar-refractivity contribution in [3.05, 3.63) is 54.1 Å². The molecule has 24 heavy (non-hydrogen) atoms. The Hall–Kier alpha value is -2.16. The fourth-order valence-corrected chi connectivity index (χ4v) is 2.24. The van der Waals surface area contributed by atoms with Crippen LogP contribution in [-0.4, -0.2) is 12.7 Å². The first kappa shape index (κ1) is 18.2. The highest BCUT2D eigenvalue weighted by Crippen LogP contribution is 2.23. The summed E-state index contributed by atoms with van der Waals surface area (Å²) in [4.78, 5) is 0. The first-order valence-electron chi connectivity index (χ1n) is 8.79. The Morgan fingerprint density at radius 3 is 2.54 bits per heavy atom. The molecule has 0 bridgehead atoms. The highest BCUT2D eigenvalue weighted by Gasteiger charge is 2.06. The average Bonchev–Trinajstić information content (AvgIpc) is 2.59. The van der Waals surface area contributed by atoms with Gasteiger partial charge in [-0.1, -0.05) is 45.0 Å². The predicted molar refractivity (Wildman–Crippen MR) is 101 cm³/mol. The minimum Gasteiger partial charge on any atom is -0.493 e. The SMILES string of the molecule is CCC(C)Oc1cccc(NCc2ccccc2OCC(C)C)c1. The molecule has 2 rings (SSSR count). The van der Waals surface area contributed by atoms with Gasteiger partial charge in [-0.2, -0.15) is 0 Å². The molecular formula is C21H29NO2. The maximum Gasteiger partial charge on any atom is 0.124 e. The predicted octanol–water partition coefficient (Wildman–Crippen LogP) is 5.51. The standard InChI is InChI=1S/C21H29NO2/c1-5-17(4)24-20-11-8-10-19(13-20)22-14-18-9-6-7-12-21(18)23-15-16(2)3/h6-13,16-17,22H,5,14-15H2,1-4H3. The van der Waals surface area contributed by atoms with E-state index in [1.54, 1.807) is 0 Å². The summed E-state index contributed by atoms with van der Waals surface area (Å²) in [6.45, 7) is 9.98. The van der Waals surface area contributed by atoms with Gasteiger partial charge in [-0.25, -0.2) is 0 Å². The molecule has 0 aliphatic rings. The Morgan fingerprint density at radius 1 is 1.00 bits per heavy atom. The maximum absolute atomic E-state index is 5.91. The third kappa shape index (κ3) is 5.80. The van der Waals surface area contributed by atoms with Crippen molar-refractivity contribution >= 4 is 5.69 Å². The molecule has 0 radical (unpaired) electrons. The van der Waals surface area contributed by atoms with Gasteiger partial charge in [0.1, 0.15) is 11.5 Å². The fourth-order valence-electron chi connectivity index (χ4n) is 2.24. The molecule has 1 atom stereocenters. The number of benzene rings is 2. The van der Waals surface area contributed by atoms with Crippen LogP contribution in [0.4, 0.5) is 5.69 Å². The van der Waals surface area contributed by atoms with E-state index in [1.807, 2.05) is 36.4 Å². The molecule has 0 spiro atoms. The zero-order chi connectivity index (χ0) is 17.4. The van der Waals surface area contributed by atoms with Crippen LogP contribution in [0.3, 0.4) is 0 Å². The highest BCUT2D eigenvalue weighted by molar-refractivity contribution is 5.49. The monoisotopic (exact) mass is 327 g/mol. The van der Waals surface area contributed by atoms with Crippen LogP contribution >= 0.6 is 0 Å². The van der Waals surface area contributed by atoms with E-state index in [0.29, 0.717) is 5.92 Å². The summed E-state index contributed by atoms with van der Waals surface area (Å²) < 4.78 is 11.8. The Kier molecular flexibility index (Phi) is 6.98. The second kappa shape index (κ2) is 9.21. The zero-order valence-corrected chi connectivity index (χ0v) is 15.2. The van der Waals surface area contributed by atoms with Crippen molar-refractivity contribution in [1.29, 1.82) is 0 Å². The first-order valence-corrected chi connectivity index (χ1v) is 8.79. The molecule has 0 aliphatic heterocycles. The van der Waals surface area contributed by atoms with Crippen LogP contribution in [0, 0.1) is 5.92 Å². The largest absolute Gasteiger partial charge is 0.493 e. The molecule has 130 valence electrons. The second-order valence-corrected chi connectivity index (χ2v) is 6.53. The second-order valence-electron chi connectivity index (χ2n) is 6.53. The smallest absolute Gasteiger partial charge is 0.124 e. The number of anilines is 1. The Labute approximate surface area is 146 Å². The summed E-state index contributed by atoms with van der Waals surface area (Å²) in [5.41, 5.74) is 2.21. The van der Waals surface area contributed by atoms with Crippen molar-refractivity contribution in [2.75, 3.05) is 11.9 Å². The number of hydrogen-bond acceptors (Lipinski definition) is 3. The van der Waals surface area contributed by atoms with E-state index >= 15 is 0 Å². The number of ether oxygens (including phenoxy) is 2. The van der Waals surface area contributed by atoms with Crippen LogP contribution in [0.15, 0.2) is 48.5 Å². The molecule has 2 aromatic carbocycles. The van der Waals surface area contributed by atoms with Gasteiger partial charge in [-0.15, -0.1) is 0 Å². The summed E-state index contributed by atoms with van der Waals surface area (Å²) in [5, 5.41) is 3.46. The van der Waals surface area contributed by atoms with Crippen LogP contribution in [0.2, 0.25) is 0 Å². The van der Waals surface area contributed by atoms with Gasteiger partial charge in [0.2, 0.25) is 0 Å². The lowest BCUT2D eigenvalue weighted by Gasteiger charge is -2.16. The molecule has 0 amide bonds. The molecule has 3 heteroatoms. The normalized spacial score (nSPS) is 12.0. The van der Waals surface area contributed by atoms with Gasteiger partial charge < -0.3 is 14.8 Å². The van der Waals surface area contributed by atoms with E-state index in [1.165, 1.54) is 0 Å². The lowest BCUT2D eigenvalue weighted by Crippen LogP contribution is -2.10. The van der Waals surface area contributed by atoms with Gasteiger partial charge in [0.25, 0.3) is 0 Å². The number of rotatable bonds is 9. The van der Waals surface area contributed by atoms with E-state index < -0.39 is 0 Å². The quantitative estimate of drug-likeness (QED) is 0.658. The highest BCUT2D eigenvalue weighted by atomic mass is 16.5. The van der Waals surface area contributed by atoms with E-state index in [-0.39, 0.29) is 6.10 Å². The number of hydrogen-bond donors (Lipinski definition) is 1. The molecular weight excluding hydrogens is 298 g/mol. The molecule has 0 heterocycles. The topological polar surface area (TPSA) is 30.5 Å². The van der Waals surface area contributed by atoms with E-state index in [9.17, 15) is 0 Å². The van der Waals surface area contributed by atoms with Gasteiger partial charge in [0.15, 0.2) is 0 Å². The van der Waals surface area contributed by atoms with E-state index in [2.05, 4.69) is 45.1 Å². The Bertz CT molecular complexity index is 625. The van der Waals surface area contributed by atoms with Crippen molar-refractivity contribution in [2.45, 2.75) is 46.8 Å². The molecule has 0 aliphatic carbocycles. The van der Waals surface area contributed by atoms with Gasteiger partial charge in [-0.05, 0) is 37.5 Å². The molecule has 2 aromatic rings. The average molecular weight is 327 g/mol. The van der Waals surface area contributed by atoms with Crippen molar-refractivity contribution in [3.63, 3.8) is 0 Å². The summed E-state index contributed by atoms with van der Waals surface area (Å²) >= 11 is 0. The molecule has 0 saturated heterocycles. The molecule has 0 fully saturated rings. The van der Waals surface area contributed by atoms with Crippen LogP contribution in [0.25, 0.3) is 0 Å². The van der Waals surface area contributed by atoms with Crippen molar-refractivity contribution in [1.82, 2.24) is 0 Å². The van der Waals surface area contributed by atoms with Crippen LogP contribution in [0.5, 0.6) is 11.5 Å². The van der Waals surface area contributed by atoms with Gasteiger partial charge >= 0.3 is 0 Å². The first-order chi connectivity index (χ1) is 11.6. The van der Waals surface area contributed by atoms with Crippen LogP contribution in [-0.2, 0) is 6.54 Å². The van der Waals surface area contributed by atoms with Crippen LogP contribution in [0.1, 0.15) is 39.7 Å². The van der Waals surface area contributed by atoms with Crippen molar-refractivity contribution in [3.8, 4) is 11.5 Å². The molecule has 0 aromatic heterocycles. The molecule has 3 nitrogen and oxygen atoms in total. The zero-order valence-electron chi connectivity index (χ0n) is 15.2. The van der Waals surface area contributed by atoms with E-state index in [4.69, 9.17) is 9.47 Å². The fraction of sp³-hybridized carbons (Fsp3) is 0.429. The van der Waals surface area contributed by atoms with E-state index in [0.717, 1.165) is 42.3 Å². The van der Waals surface area contributed by atoms with Crippen LogP contribution < -0.4 is 14.8 Å². The lowest BCUT2D eigenvalue weighted by molar-refractivity contribution is 0.217. The summed E-state index contributed by atoms with van der Waals surface area (Å²) in [6.07, 6.45) is 1.23. The molecule has 0 saturated carbocycles. The summed E-state index contributed by atoms with van der Waals surface area (Å²) in [5.74, 6) is 2.37. The van der Waals surface area contributed by atoms with Crippen molar-refractivity contribution < 1.29 is 9.47 Å². The Morgan fingerprint density at radius 2 is 1.79 bits per heavy atom. The Balaban J connectivity index is 1.99. The third-order valence-electron chi connectivity index (χ3n) is 3.77. The minimum absolute atomic E-state index is 0.227. The molecule has 1 N–H and O–H groups in total. The lowest BCUT2D eigenvalue weighted by atomic mass is 10.2. The maximum atomic E-state index is 5.91. The summed E-state index contributed by atoms with van der Waals surface area (Å²) in [6, 6.07) is 16.3. The summed E-state index contributed by atoms with van der Waals surface area (Å²) in [7, 11) is 0. The molecule has 1 unspecified atom stereocenters. The minimum atomic E-state index is 0.227.